The number of aryl methyl sites for hydroxylation is 2. The number of carbonyl (C=O) groups excluding carboxylic acids is 1. The van der Waals surface area contributed by atoms with Crippen LogP contribution >= 0.6 is 0 Å². The van der Waals surface area contributed by atoms with Gasteiger partial charge in [-0.2, -0.15) is 5.10 Å². The van der Waals surface area contributed by atoms with Crippen molar-refractivity contribution in [3.8, 4) is 0 Å². The van der Waals surface area contributed by atoms with Crippen LogP contribution in [0.4, 0.5) is 0 Å². The fraction of sp³-hybridized carbons (Fsp3) is 0.450. The van der Waals surface area contributed by atoms with Gasteiger partial charge in [0.25, 0.3) is 5.91 Å². The van der Waals surface area contributed by atoms with Crippen molar-refractivity contribution in [2.24, 2.45) is 5.41 Å². The fourth-order valence-electron chi connectivity index (χ4n) is 3.67. The molecule has 7 heteroatoms. The lowest BCUT2D eigenvalue weighted by atomic mass is 9.88. The number of aromatic nitrogens is 2. The van der Waals surface area contributed by atoms with Crippen molar-refractivity contribution in [1.82, 2.24) is 14.7 Å². The molecule has 7 nitrogen and oxygen atoms in total. The summed E-state index contributed by atoms with van der Waals surface area (Å²) < 4.78 is 7.00. The predicted octanol–water partition coefficient (Wildman–Crippen LogP) is 2.11. The molecule has 1 saturated heterocycles. The second-order valence-electron chi connectivity index (χ2n) is 7.28. The van der Waals surface area contributed by atoms with E-state index < -0.39 is 11.4 Å². The molecule has 0 radical (unpaired) electrons. The van der Waals surface area contributed by atoms with Gasteiger partial charge in [-0.3, -0.25) is 14.3 Å². The Morgan fingerprint density at radius 3 is 2.70 bits per heavy atom. The Morgan fingerprint density at radius 2 is 2.07 bits per heavy atom. The highest BCUT2D eigenvalue weighted by atomic mass is 16.5. The van der Waals surface area contributed by atoms with Gasteiger partial charge in [0.2, 0.25) is 0 Å². The lowest BCUT2D eigenvalue weighted by Crippen LogP contribution is -2.40. The Labute approximate surface area is 158 Å². The summed E-state index contributed by atoms with van der Waals surface area (Å²) in [6.45, 7) is 5.21. The molecule has 0 bridgehead atoms. The number of rotatable bonds is 6. The zero-order valence-electron chi connectivity index (χ0n) is 15.9. The quantitative estimate of drug-likeness (QED) is 0.841. The van der Waals surface area contributed by atoms with Gasteiger partial charge in [-0.1, -0.05) is 12.1 Å². The Morgan fingerprint density at radius 1 is 1.30 bits per heavy atom. The van der Waals surface area contributed by atoms with E-state index in [-0.39, 0.29) is 19.1 Å². The van der Waals surface area contributed by atoms with Crippen molar-refractivity contribution in [3.05, 3.63) is 52.8 Å². The van der Waals surface area contributed by atoms with Gasteiger partial charge in [-0.15, -0.1) is 0 Å². The third kappa shape index (κ3) is 3.88. The van der Waals surface area contributed by atoms with Crippen molar-refractivity contribution >= 4 is 11.9 Å². The summed E-state index contributed by atoms with van der Waals surface area (Å²) >= 11 is 0. The number of benzene rings is 1. The standard InChI is InChI=1S/C20H25N3O4/c1-14-9-15(2)23(21-14)11-16-5-4-6-17(10-16)18(24)22-8-7-20(12-22,13-27-3)19(25)26/h4-6,9-10H,7-8,11-13H2,1-3H3,(H,25,26). The number of hydrogen-bond acceptors (Lipinski definition) is 4. The molecule has 144 valence electrons. The van der Waals surface area contributed by atoms with Gasteiger partial charge in [-0.05, 0) is 44.0 Å². The smallest absolute Gasteiger partial charge is 0.313 e. The molecule has 1 amide bonds. The summed E-state index contributed by atoms with van der Waals surface area (Å²) in [5.41, 5.74) is 2.54. The summed E-state index contributed by atoms with van der Waals surface area (Å²) in [5, 5.41) is 14.0. The number of aliphatic carboxylic acids is 1. The highest BCUT2D eigenvalue weighted by Gasteiger charge is 2.46. The Hall–Kier alpha value is -2.67. The third-order valence-corrected chi connectivity index (χ3v) is 5.12. The fourth-order valence-corrected chi connectivity index (χ4v) is 3.67. The van der Waals surface area contributed by atoms with Crippen LogP contribution in [0.1, 0.15) is 33.7 Å². The van der Waals surface area contributed by atoms with E-state index in [1.54, 1.807) is 11.0 Å². The molecule has 3 rings (SSSR count). The van der Waals surface area contributed by atoms with E-state index in [0.29, 0.717) is 25.1 Å². The summed E-state index contributed by atoms with van der Waals surface area (Å²) in [7, 11) is 1.48. The Bertz CT molecular complexity index is 861. The topological polar surface area (TPSA) is 84.7 Å². The van der Waals surface area contributed by atoms with Crippen molar-refractivity contribution in [1.29, 1.82) is 0 Å². The van der Waals surface area contributed by atoms with Crippen LogP contribution < -0.4 is 0 Å². The van der Waals surface area contributed by atoms with Crippen LogP contribution in [0.3, 0.4) is 0 Å². The molecule has 1 aliphatic heterocycles. The molecule has 1 N–H and O–H groups in total. The monoisotopic (exact) mass is 371 g/mol. The molecule has 1 aromatic heterocycles. The first-order chi connectivity index (χ1) is 12.8. The first kappa shape index (κ1) is 19.1. The van der Waals surface area contributed by atoms with Crippen molar-refractivity contribution in [2.45, 2.75) is 26.8 Å². The summed E-state index contributed by atoms with van der Waals surface area (Å²) in [6.07, 6.45) is 0.396. The minimum atomic E-state index is -1.02. The van der Waals surface area contributed by atoms with Crippen molar-refractivity contribution in [2.75, 3.05) is 26.8 Å². The van der Waals surface area contributed by atoms with Crippen molar-refractivity contribution in [3.63, 3.8) is 0 Å². The van der Waals surface area contributed by atoms with Crippen molar-refractivity contribution < 1.29 is 19.4 Å². The van der Waals surface area contributed by atoms with Crippen LogP contribution in [0.2, 0.25) is 0 Å². The van der Waals surface area contributed by atoms with Gasteiger partial charge in [0.05, 0.1) is 18.8 Å². The molecule has 2 aromatic rings. The number of amides is 1. The van der Waals surface area contributed by atoms with Crippen LogP contribution in [-0.2, 0) is 16.1 Å². The molecule has 1 aliphatic rings. The Balaban J connectivity index is 1.76. The first-order valence-electron chi connectivity index (χ1n) is 8.96. The number of carboxylic acid groups (broad SMARTS) is 1. The SMILES string of the molecule is COCC1(C(=O)O)CCN(C(=O)c2cccc(Cn3nc(C)cc3C)c2)C1. The van der Waals surface area contributed by atoms with Crippen LogP contribution in [-0.4, -0.2) is 58.5 Å². The zero-order valence-corrected chi connectivity index (χ0v) is 15.9. The molecule has 2 heterocycles. The van der Waals surface area contributed by atoms with Gasteiger partial charge >= 0.3 is 5.97 Å². The lowest BCUT2D eigenvalue weighted by Gasteiger charge is -2.24. The van der Waals surface area contributed by atoms with Crippen LogP contribution in [0.15, 0.2) is 30.3 Å². The van der Waals surface area contributed by atoms with Crippen LogP contribution in [0, 0.1) is 19.3 Å². The third-order valence-electron chi connectivity index (χ3n) is 5.12. The maximum Gasteiger partial charge on any atom is 0.313 e. The highest BCUT2D eigenvalue weighted by Crippen LogP contribution is 2.32. The van der Waals surface area contributed by atoms with E-state index >= 15 is 0 Å². The van der Waals surface area contributed by atoms with Crippen LogP contribution in [0.5, 0.6) is 0 Å². The number of carbonyl (C=O) groups is 2. The number of hydrogen-bond donors (Lipinski definition) is 1. The highest BCUT2D eigenvalue weighted by molar-refractivity contribution is 5.95. The minimum Gasteiger partial charge on any atom is -0.481 e. The maximum absolute atomic E-state index is 12.9. The number of nitrogens with zero attached hydrogens (tertiary/aromatic N) is 3. The molecule has 1 atom stereocenters. The molecule has 27 heavy (non-hydrogen) atoms. The molecule has 0 saturated carbocycles. The van der Waals surface area contributed by atoms with E-state index in [9.17, 15) is 14.7 Å². The van der Waals surface area contributed by atoms with E-state index in [1.807, 2.05) is 42.8 Å². The number of carboxylic acids is 1. The summed E-state index contributed by atoms with van der Waals surface area (Å²) in [4.78, 5) is 26.2. The second-order valence-corrected chi connectivity index (χ2v) is 7.28. The molecule has 1 unspecified atom stereocenters. The predicted molar refractivity (Wildman–Crippen MR) is 99.7 cm³/mol. The second kappa shape index (κ2) is 7.52. The van der Waals surface area contributed by atoms with E-state index in [2.05, 4.69) is 5.10 Å². The van der Waals surface area contributed by atoms with Gasteiger partial charge in [0.15, 0.2) is 0 Å². The number of likely N-dealkylation sites (tertiary alicyclic amines) is 1. The minimum absolute atomic E-state index is 0.101. The first-order valence-corrected chi connectivity index (χ1v) is 8.96. The summed E-state index contributed by atoms with van der Waals surface area (Å²) in [5.74, 6) is -1.07. The normalized spacial score (nSPS) is 19.4. The summed E-state index contributed by atoms with van der Waals surface area (Å²) in [6, 6.07) is 9.45. The molecule has 0 aliphatic carbocycles. The number of methoxy groups -OCH3 is 1. The Kier molecular flexibility index (Phi) is 5.32. The van der Waals surface area contributed by atoms with Gasteiger partial charge < -0.3 is 14.7 Å². The van der Waals surface area contributed by atoms with Gasteiger partial charge in [0, 0.05) is 31.5 Å². The van der Waals surface area contributed by atoms with E-state index in [4.69, 9.17) is 4.74 Å². The molecular formula is C20H25N3O4. The molecule has 1 aromatic carbocycles. The van der Waals surface area contributed by atoms with Gasteiger partial charge in [-0.25, -0.2) is 0 Å². The van der Waals surface area contributed by atoms with E-state index in [0.717, 1.165) is 17.0 Å². The largest absolute Gasteiger partial charge is 0.481 e. The molecular weight excluding hydrogens is 346 g/mol. The number of ether oxygens (including phenoxy) is 1. The maximum atomic E-state index is 12.9. The van der Waals surface area contributed by atoms with Crippen LogP contribution in [0.25, 0.3) is 0 Å². The average molecular weight is 371 g/mol. The molecule has 1 fully saturated rings. The molecule has 0 spiro atoms. The van der Waals surface area contributed by atoms with Gasteiger partial charge in [0.1, 0.15) is 5.41 Å². The lowest BCUT2D eigenvalue weighted by molar-refractivity contribution is -0.151. The van der Waals surface area contributed by atoms with E-state index in [1.165, 1.54) is 7.11 Å². The zero-order chi connectivity index (χ0) is 19.6. The average Bonchev–Trinajstić information content (AvgIpc) is 3.19.